The second kappa shape index (κ2) is 14.0. The summed E-state index contributed by atoms with van der Waals surface area (Å²) >= 11 is -0.256. The number of hydrogen-bond acceptors (Lipinski definition) is 2. The summed E-state index contributed by atoms with van der Waals surface area (Å²) in [6.45, 7) is 2.65. The highest BCUT2D eigenvalue weighted by atomic mass is 127. The van der Waals surface area contributed by atoms with Crippen molar-refractivity contribution in [3.8, 4) is 5.75 Å². The zero-order chi connectivity index (χ0) is 19.2. The molecule has 2 aromatic carbocycles. The number of ether oxygens (including phenoxy) is 1. The molecule has 1 atom stereocenters. The maximum atomic E-state index is 10.2. The number of aliphatic hydroxyl groups excluding tert-OH is 1. The average molecular weight is 481 g/mol. The monoisotopic (exact) mass is 481 g/mol. The van der Waals surface area contributed by atoms with E-state index < -0.39 is 0 Å². The molecule has 0 bridgehead atoms. The maximum absolute atomic E-state index is 10.2. The van der Waals surface area contributed by atoms with Crippen LogP contribution in [0.1, 0.15) is 64.7 Å². The van der Waals surface area contributed by atoms with E-state index in [1.165, 1.54) is 52.1 Å². The number of unbranched alkanes of at least 4 members (excludes halogenated alkanes) is 7. The van der Waals surface area contributed by atoms with Crippen LogP contribution in [0.25, 0.3) is 0 Å². The van der Waals surface area contributed by atoms with Crippen molar-refractivity contribution in [1.82, 2.24) is 0 Å². The van der Waals surface area contributed by atoms with Crippen LogP contribution in [0.15, 0.2) is 54.6 Å². The highest BCUT2D eigenvalue weighted by Gasteiger charge is 2.20. The zero-order valence-corrected chi connectivity index (χ0v) is 18.7. The van der Waals surface area contributed by atoms with E-state index in [1.807, 2.05) is 12.1 Å². The fraction of sp³-hybridized carbons (Fsp3) is 0.500. The number of aliphatic hydroxyl groups is 1. The van der Waals surface area contributed by atoms with E-state index in [0.29, 0.717) is 6.61 Å². The molecular weight excluding hydrogens is 447 g/mol. The summed E-state index contributed by atoms with van der Waals surface area (Å²) in [6, 6.07) is 18.9. The first-order valence-corrected chi connectivity index (χ1v) is 12.5. The van der Waals surface area contributed by atoms with Crippen molar-refractivity contribution < 1.29 is 31.0 Å². The fourth-order valence-electron chi connectivity index (χ4n) is 3.02. The van der Waals surface area contributed by atoms with Crippen molar-refractivity contribution >= 4 is 0 Å². The van der Waals surface area contributed by atoms with Crippen molar-refractivity contribution in [2.45, 2.75) is 70.8 Å². The summed E-state index contributed by atoms with van der Waals surface area (Å²) in [6.07, 6.45) is 10.8. The first kappa shape index (κ1) is 22.2. The molecular formula is C24H34IO2+. The largest absolute Gasteiger partial charge is 0.486 e. The average Bonchev–Trinajstić information content (AvgIpc) is 2.70. The Bertz CT molecular complexity index is 615. The van der Waals surface area contributed by atoms with Crippen LogP contribution >= 0.6 is 0 Å². The number of rotatable bonds is 14. The first-order chi connectivity index (χ1) is 13.3. The third-order valence-corrected chi connectivity index (χ3v) is 7.42. The molecule has 0 fully saturated rings. The van der Waals surface area contributed by atoms with E-state index >= 15 is 0 Å². The van der Waals surface area contributed by atoms with Gasteiger partial charge in [0, 0.05) is 0 Å². The van der Waals surface area contributed by atoms with Crippen LogP contribution in [-0.4, -0.2) is 17.8 Å². The molecule has 2 nitrogen and oxygen atoms in total. The summed E-state index contributed by atoms with van der Waals surface area (Å²) in [7, 11) is 0. The van der Waals surface area contributed by atoms with Crippen molar-refractivity contribution in [1.29, 1.82) is 0 Å². The lowest BCUT2D eigenvalue weighted by Crippen LogP contribution is -3.61. The molecule has 0 heterocycles. The summed E-state index contributed by atoms with van der Waals surface area (Å²) in [5.74, 6) is 0.934. The van der Waals surface area contributed by atoms with Crippen LogP contribution in [0.2, 0.25) is 0 Å². The molecule has 1 unspecified atom stereocenters. The van der Waals surface area contributed by atoms with Gasteiger partial charge in [0.05, 0.1) is 6.10 Å². The standard InChI is InChI=1S/C24H34IO2/c1-2-3-4-5-6-7-8-12-17-22(26)20-27-24-19-14-13-18-23(24)25-21-15-10-9-11-16-21/h9-11,13-16,18-19,22,26H,2-8,12,17,20H2,1H3/q+1. The van der Waals surface area contributed by atoms with Gasteiger partial charge in [-0.2, -0.15) is 0 Å². The van der Waals surface area contributed by atoms with E-state index in [4.69, 9.17) is 4.74 Å². The van der Waals surface area contributed by atoms with Gasteiger partial charge in [-0.05, 0) is 30.7 Å². The van der Waals surface area contributed by atoms with Crippen LogP contribution in [0, 0.1) is 7.14 Å². The quantitative estimate of drug-likeness (QED) is 0.332. The normalized spacial score (nSPS) is 12.1. The molecule has 2 rings (SSSR count). The molecule has 0 aliphatic rings. The molecule has 0 saturated carbocycles. The number of benzene rings is 2. The van der Waals surface area contributed by atoms with Crippen molar-refractivity contribution in [2.24, 2.45) is 0 Å². The number of hydrogen-bond donors (Lipinski definition) is 1. The molecule has 0 spiro atoms. The third kappa shape index (κ3) is 9.61. The minimum absolute atomic E-state index is 0.256. The third-order valence-electron chi connectivity index (χ3n) is 4.60. The number of halogens is 1. The molecule has 0 amide bonds. The Morgan fingerprint density at radius 2 is 1.44 bits per heavy atom. The lowest BCUT2D eigenvalue weighted by atomic mass is 10.1. The minimum Gasteiger partial charge on any atom is -0.486 e. The van der Waals surface area contributed by atoms with E-state index in [1.54, 1.807) is 0 Å². The van der Waals surface area contributed by atoms with E-state index in [-0.39, 0.29) is 27.3 Å². The van der Waals surface area contributed by atoms with Gasteiger partial charge in [0.15, 0.2) is 9.32 Å². The van der Waals surface area contributed by atoms with Gasteiger partial charge in [0.2, 0.25) is 3.57 Å². The molecule has 148 valence electrons. The first-order valence-electron chi connectivity index (χ1n) is 10.4. The Balaban J connectivity index is 1.66. The van der Waals surface area contributed by atoms with Gasteiger partial charge in [-0.3, -0.25) is 0 Å². The van der Waals surface area contributed by atoms with Gasteiger partial charge in [0.1, 0.15) is 6.61 Å². The van der Waals surface area contributed by atoms with Gasteiger partial charge < -0.3 is 9.84 Å². The van der Waals surface area contributed by atoms with Gasteiger partial charge in [0.25, 0.3) is 0 Å². The predicted molar refractivity (Wildman–Crippen MR) is 109 cm³/mol. The summed E-state index contributed by atoms with van der Waals surface area (Å²) in [5.41, 5.74) is 0. The Kier molecular flexibility index (Phi) is 11.5. The summed E-state index contributed by atoms with van der Waals surface area (Å²) < 4.78 is 8.63. The Hall–Kier alpha value is -1.07. The lowest BCUT2D eigenvalue weighted by molar-refractivity contribution is -0.598. The van der Waals surface area contributed by atoms with Crippen LogP contribution in [0.3, 0.4) is 0 Å². The number of para-hydroxylation sites is 1. The molecule has 0 aliphatic carbocycles. The van der Waals surface area contributed by atoms with Crippen LogP contribution in [0.4, 0.5) is 0 Å². The van der Waals surface area contributed by atoms with Crippen LogP contribution < -0.4 is 25.9 Å². The Morgan fingerprint density at radius 1 is 0.815 bits per heavy atom. The Morgan fingerprint density at radius 3 is 2.19 bits per heavy atom. The topological polar surface area (TPSA) is 29.5 Å². The molecule has 0 saturated heterocycles. The van der Waals surface area contributed by atoms with E-state index in [0.717, 1.165) is 18.6 Å². The Labute approximate surface area is 175 Å². The lowest BCUT2D eigenvalue weighted by Gasteiger charge is -2.12. The molecule has 0 aliphatic heterocycles. The predicted octanol–water partition coefficient (Wildman–Crippen LogP) is 3.09. The van der Waals surface area contributed by atoms with Crippen molar-refractivity contribution in [3.63, 3.8) is 0 Å². The van der Waals surface area contributed by atoms with Gasteiger partial charge in [-0.15, -0.1) is 0 Å². The van der Waals surface area contributed by atoms with Crippen molar-refractivity contribution in [3.05, 3.63) is 61.7 Å². The van der Waals surface area contributed by atoms with Crippen LogP contribution in [-0.2, 0) is 0 Å². The summed E-state index contributed by atoms with van der Waals surface area (Å²) in [4.78, 5) is 0. The second-order valence-corrected chi connectivity index (χ2v) is 10.00. The van der Waals surface area contributed by atoms with Gasteiger partial charge >= 0.3 is 21.2 Å². The zero-order valence-electron chi connectivity index (χ0n) is 16.6. The molecule has 3 heteroatoms. The maximum Gasteiger partial charge on any atom is 0.362 e. The SMILES string of the molecule is CCCCCCCCCCC(O)COc1ccccc1[I+]c1ccccc1. The second-order valence-electron chi connectivity index (χ2n) is 7.05. The highest BCUT2D eigenvalue weighted by molar-refractivity contribution is 5.20. The van der Waals surface area contributed by atoms with E-state index in [9.17, 15) is 5.11 Å². The molecule has 0 aromatic heterocycles. The molecule has 0 radical (unpaired) electrons. The van der Waals surface area contributed by atoms with E-state index in [2.05, 4.69) is 49.4 Å². The van der Waals surface area contributed by atoms with Crippen molar-refractivity contribution in [2.75, 3.05) is 6.61 Å². The highest BCUT2D eigenvalue weighted by Crippen LogP contribution is 2.13. The minimum atomic E-state index is -0.368. The molecule has 1 N–H and O–H groups in total. The molecule has 2 aromatic rings. The van der Waals surface area contributed by atoms with Gasteiger partial charge in [-0.25, -0.2) is 0 Å². The summed E-state index contributed by atoms with van der Waals surface area (Å²) in [5, 5.41) is 10.2. The molecule has 27 heavy (non-hydrogen) atoms. The fourth-order valence-corrected chi connectivity index (χ4v) is 5.45. The van der Waals surface area contributed by atoms with Crippen LogP contribution in [0.5, 0.6) is 5.75 Å². The van der Waals surface area contributed by atoms with Gasteiger partial charge in [-0.1, -0.05) is 88.6 Å². The smallest absolute Gasteiger partial charge is 0.362 e.